The lowest BCUT2D eigenvalue weighted by Crippen LogP contribution is -2.50. The van der Waals surface area contributed by atoms with Crippen LogP contribution >= 0.6 is 23.2 Å². The van der Waals surface area contributed by atoms with Crippen LogP contribution in [0.15, 0.2) is 35.2 Å². The Balaban J connectivity index is 1.23. The van der Waals surface area contributed by atoms with Crippen LogP contribution in [0.2, 0.25) is 10.0 Å². The van der Waals surface area contributed by atoms with Gasteiger partial charge in [0.2, 0.25) is 15.9 Å². The van der Waals surface area contributed by atoms with Gasteiger partial charge in [-0.1, -0.05) is 29.3 Å². The van der Waals surface area contributed by atoms with E-state index in [4.69, 9.17) is 27.9 Å². The van der Waals surface area contributed by atoms with Crippen LogP contribution in [0.25, 0.3) is 0 Å². The van der Waals surface area contributed by atoms with Gasteiger partial charge in [0, 0.05) is 63.2 Å². The number of aromatic nitrogens is 1. The molecule has 0 N–H and O–H groups in total. The van der Waals surface area contributed by atoms with Crippen LogP contribution in [-0.4, -0.2) is 91.5 Å². The SMILES string of the molecule is Cc1ccc(C)n1CCN1CCN(C(=O)COCC2CCCN2S(=O)(=O)c2c(Cl)cccc2Cl)CC1. The van der Waals surface area contributed by atoms with E-state index in [9.17, 15) is 13.2 Å². The van der Waals surface area contributed by atoms with Crippen molar-refractivity contribution in [1.82, 2.24) is 18.7 Å². The third kappa shape index (κ3) is 6.09. The number of benzene rings is 1. The predicted octanol–water partition coefficient (Wildman–Crippen LogP) is 3.43. The fraction of sp³-hybridized carbons (Fsp3) is 0.560. The van der Waals surface area contributed by atoms with E-state index in [0.29, 0.717) is 32.5 Å². The third-order valence-electron chi connectivity index (χ3n) is 7.13. The second kappa shape index (κ2) is 11.8. The molecule has 1 amide bonds. The summed E-state index contributed by atoms with van der Waals surface area (Å²) in [4.78, 5) is 16.8. The second-order valence-electron chi connectivity index (χ2n) is 9.47. The number of carbonyl (C=O) groups excluding carboxylic acids is 1. The number of halogens is 2. The fourth-order valence-corrected chi connectivity index (χ4v) is 7.80. The molecule has 2 saturated heterocycles. The largest absolute Gasteiger partial charge is 0.370 e. The van der Waals surface area contributed by atoms with Crippen LogP contribution in [0.5, 0.6) is 0 Å². The monoisotopic (exact) mass is 556 g/mol. The molecule has 8 nitrogen and oxygen atoms in total. The minimum atomic E-state index is -3.87. The van der Waals surface area contributed by atoms with Crippen molar-refractivity contribution < 1.29 is 17.9 Å². The highest BCUT2D eigenvalue weighted by Gasteiger charge is 2.37. The van der Waals surface area contributed by atoms with Gasteiger partial charge in [-0.2, -0.15) is 4.31 Å². The summed E-state index contributed by atoms with van der Waals surface area (Å²) < 4.78 is 35.9. The molecule has 1 unspecified atom stereocenters. The van der Waals surface area contributed by atoms with Crippen molar-refractivity contribution in [3.8, 4) is 0 Å². The number of hydrogen-bond donors (Lipinski definition) is 0. The summed E-state index contributed by atoms with van der Waals surface area (Å²) in [6.07, 6.45) is 1.38. The Labute approximate surface area is 223 Å². The van der Waals surface area contributed by atoms with Crippen LogP contribution in [0.3, 0.4) is 0 Å². The fourth-order valence-electron chi connectivity index (χ4n) is 5.03. The van der Waals surface area contributed by atoms with Gasteiger partial charge < -0.3 is 14.2 Å². The number of sulfonamides is 1. The Morgan fingerprint density at radius 3 is 2.25 bits per heavy atom. The van der Waals surface area contributed by atoms with Crippen molar-refractivity contribution in [1.29, 1.82) is 0 Å². The molecule has 0 spiro atoms. The van der Waals surface area contributed by atoms with E-state index >= 15 is 0 Å². The molecule has 2 aliphatic heterocycles. The number of amides is 1. The summed E-state index contributed by atoms with van der Waals surface area (Å²) in [5.41, 5.74) is 2.53. The molecule has 1 aromatic heterocycles. The minimum absolute atomic E-state index is 0.0566. The van der Waals surface area contributed by atoms with Crippen LogP contribution in [-0.2, 0) is 26.1 Å². The molecule has 0 radical (unpaired) electrons. The third-order valence-corrected chi connectivity index (χ3v) is 10.0. The second-order valence-corrected chi connectivity index (χ2v) is 12.1. The molecule has 2 aliphatic rings. The first kappa shape index (κ1) is 27.4. The van der Waals surface area contributed by atoms with Gasteiger partial charge in [0.1, 0.15) is 11.5 Å². The smallest absolute Gasteiger partial charge is 0.248 e. The van der Waals surface area contributed by atoms with Crippen molar-refractivity contribution >= 4 is 39.1 Å². The Hall–Kier alpha value is -1.62. The number of ether oxygens (including phenoxy) is 1. The molecule has 0 saturated carbocycles. The average molecular weight is 558 g/mol. The molecule has 3 heterocycles. The van der Waals surface area contributed by atoms with E-state index in [0.717, 1.165) is 26.2 Å². The first-order valence-corrected chi connectivity index (χ1v) is 14.5. The highest BCUT2D eigenvalue weighted by molar-refractivity contribution is 7.89. The Bertz CT molecular complexity index is 1140. The molecule has 2 aromatic rings. The standard InChI is InChI=1S/C25H34Cl2N4O4S/c1-19-8-9-20(2)30(19)16-13-28-11-14-29(15-12-28)24(32)18-35-17-21-5-4-10-31(21)36(33,34)25-22(26)6-3-7-23(25)27/h3,6-9,21H,4-5,10-18H2,1-2H3. The number of carbonyl (C=O) groups is 1. The van der Waals surface area contributed by atoms with Crippen molar-refractivity contribution in [3.05, 3.63) is 51.8 Å². The maximum Gasteiger partial charge on any atom is 0.248 e. The van der Waals surface area contributed by atoms with E-state index in [-0.39, 0.29) is 40.1 Å². The topological polar surface area (TPSA) is 75.1 Å². The molecule has 1 atom stereocenters. The van der Waals surface area contributed by atoms with Crippen molar-refractivity contribution in [3.63, 3.8) is 0 Å². The van der Waals surface area contributed by atoms with E-state index in [1.807, 2.05) is 4.90 Å². The molecule has 1 aromatic carbocycles. The van der Waals surface area contributed by atoms with Crippen LogP contribution in [0.1, 0.15) is 24.2 Å². The van der Waals surface area contributed by atoms with Crippen molar-refractivity contribution in [2.45, 2.75) is 44.2 Å². The van der Waals surface area contributed by atoms with Crippen molar-refractivity contribution in [2.24, 2.45) is 0 Å². The zero-order valence-corrected chi connectivity index (χ0v) is 23.2. The highest BCUT2D eigenvalue weighted by Crippen LogP contribution is 2.34. The zero-order chi connectivity index (χ0) is 25.9. The van der Waals surface area contributed by atoms with E-state index in [1.165, 1.54) is 27.8 Å². The Morgan fingerprint density at radius 2 is 1.61 bits per heavy atom. The Kier molecular flexibility index (Phi) is 9.01. The predicted molar refractivity (Wildman–Crippen MR) is 141 cm³/mol. The van der Waals surface area contributed by atoms with Gasteiger partial charge in [-0.3, -0.25) is 9.69 Å². The highest BCUT2D eigenvalue weighted by atomic mass is 35.5. The van der Waals surface area contributed by atoms with E-state index < -0.39 is 10.0 Å². The lowest BCUT2D eigenvalue weighted by Gasteiger charge is -2.35. The molecule has 0 bridgehead atoms. The summed E-state index contributed by atoms with van der Waals surface area (Å²) in [7, 11) is -3.87. The summed E-state index contributed by atoms with van der Waals surface area (Å²) in [6, 6.07) is 8.57. The molecule has 198 valence electrons. The molecule has 0 aliphatic carbocycles. The van der Waals surface area contributed by atoms with E-state index in [1.54, 1.807) is 6.07 Å². The summed E-state index contributed by atoms with van der Waals surface area (Å²) >= 11 is 12.3. The van der Waals surface area contributed by atoms with E-state index in [2.05, 4.69) is 35.4 Å². The summed E-state index contributed by atoms with van der Waals surface area (Å²) in [6.45, 7) is 9.61. The average Bonchev–Trinajstić information content (AvgIpc) is 3.44. The van der Waals surface area contributed by atoms with Gasteiger partial charge in [0.25, 0.3) is 0 Å². The first-order valence-electron chi connectivity index (χ1n) is 12.3. The number of nitrogens with zero attached hydrogens (tertiary/aromatic N) is 4. The van der Waals surface area contributed by atoms with Crippen LogP contribution in [0, 0.1) is 13.8 Å². The van der Waals surface area contributed by atoms with Gasteiger partial charge >= 0.3 is 0 Å². The number of rotatable bonds is 9. The quantitative estimate of drug-likeness (QED) is 0.473. The van der Waals surface area contributed by atoms with Gasteiger partial charge in [0.15, 0.2) is 0 Å². The maximum atomic E-state index is 13.2. The molecular weight excluding hydrogens is 523 g/mol. The maximum absolute atomic E-state index is 13.2. The lowest BCUT2D eigenvalue weighted by molar-refractivity contribution is -0.138. The molecular formula is C25H34Cl2N4O4S. The summed E-state index contributed by atoms with van der Waals surface area (Å²) in [5.74, 6) is -0.0618. The zero-order valence-electron chi connectivity index (χ0n) is 20.8. The molecule has 11 heteroatoms. The van der Waals surface area contributed by atoms with Gasteiger partial charge in [0.05, 0.1) is 16.7 Å². The van der Waals surface area contributed by atoms with Gasteiger partial charge in [-0.05, 0) is 51.0 Å². The lowest BCUT2D eigenvalue weighted by atomic mass is 10.2. The van der Waals surface area contributed by atoms with Gasteiger partial charge in [-0.25, -0.2) is 8.42 Å². The first-order chi connectivity index (χ1) is 17.2. The number of hydrogen-bond acceptors (Lipinski definition) is 5. The number of aryl methyl sites for hydroxylation is 2. The van der Waals surface area contributed by atoms with Crippen LogP contribution in [0.4, 0.5) is 0 Å². The normalized spacial score (nSPS) is 19.8. The molecule has 36 heavy (non-hydrogen) atoms. The number of piperazine rings is 1. The van der Waals surface area contributed by atoms with Crippen LogP contribution < -0.4 is 0 Å². The van der Waals surface area contributed by atoms with Gasteiger partial charge in [-0.15, -0.1) is 0 Å². The Morgan fingerprint density at radius 1 is 0.972 bits per heavy atom. The molecule has 4 rings (SSSR count). The summed E-state index contributed by atoms with van der Waals surface area (Å²) in [5, 5.41) is 0.198. The minimum Gasteiger partial charge on any atom is -0.370 e. The molecule has 2 fully saturated rings. The van der Waals surface area contributed by atoms with Crippen molar-refractivity contribution in [2.75, 3.05) is 52.5 Å².